The zero-order valence-corrected chi connectivity index (χ0v) is 12.2. The van der Waals surface area contributed by atoms with Crippen LogP contribution in [0.5, 0.6) is 0 Å². The minimum atomic E-state index is -1.00. The molecule has 2 heterocycles. The fourth-order valence-corrected chi connectivity index (χ4v) is 2.89. The molecule has 0 atom stereocenters. The average molecular weight is 338 g/mol. The van der Waals surface area contributed by atoms with Gasteiger partial charge < -0.3 is 10.1 Å². The average Bonchev–Trinajstić information content (AvgIpc) is 2.93. The number of aromatic carboxylic acids is 1. The third-order valence-corrected chi connectivity index (χ3v) is 3.87. The van der Waals surface area contributed by atoms with Gasteiger partial charge in [0.05, 0.1) is 16.1 Å². The summed E-state index contributed by atoms with van der Waals surface area (Å²) in [5.41, 5.74) is 2.01. The molecule has 0 saturated heterocycles. The number of nitrogens with zero attached hydrogens (tertiary/aromatic N) is 2. The van der Waals surface area contributed by atoms with Crippen molar-refractivity contribution < 1.29 is 9.90 Å². The molecule has 7 heteroatoms. The summed E-state index contributed by atoms with van der Waals surface area (Å²) >= 11 is 4.82. The Hall–Kier alpha value is -1.73. The molecule has 3 aromatic rings. The molecule has 0 aliphatic rings. The number of aromatic amines is 1. The lowest BCUT2D eigenvalue weighted by Crippen LogP contribution is -1.97. The van der Waals surface area contributed by atoms with Crippen molar-refractivity contribution in [3.8, 4) is 11.5 Å². The fraction of sp³-hybridized carbons (Fsp3) is 0.0833. The number of fused-ring (bicyclic) bond motifs is 1. The van der Waals surface area contributed by atoms with E-state index in [0.29, 0.717) is 21.3 Å². The van der Waals surface area contributed by atoms with E-state index in [-0.39, 0.29) is 5.56 Å². The van der Waals surface area contributed by atoms with Gasteiger partial charge in [-0.1, -0.05) is 15.9 Å². The number of hydrogen-bond acceptors (Lipinski definition) is 4. The van der Waals surface area contributed by atoms with Gasteiger partial charge in [-0.3, -0.25) is 0 Å². The van der Waals surface area contributed by atoms with Gasteiger partial charge in [-0.05, 0) is 19.1 Å². The smallest absolute Gasteiger partial charge is 0.338 e. The molecule has 19 heavy (non-hydrogen) atoms. The van der Waals surface area contributed by atoms with Crippen LogP contribution in [0.1, 0.15) is 15.4 Å². The number of halogens is 1. The zero-order chi connectivity index (χ0) is 13.6. The van der Waals surface area contributed by atoms with Crippen molar-refractivity contribution in [3.05, 3.63) is 32.6 Å². The third kappa shape index (κ3) is 2.15. The Bertz CT molecular complexity index is 793. The minimum Gasteiger partial charge on any atom is -0.478 e. The van der Waals surface area contributed by atoms with Gasteiger partial charge in [0.15, 0.2) is 5.82 Å². The predicted octanol–water partition coefficient (Wildman–Crippen LogP) is 3.46. The maximum absolute atomic E-state index is 11.2. The number of imidazole rings is 1. The maximum Gasteiger partial charge on any atom is 0.338 e. The molecule has 0 fully saturated rings. The van der Waals surface area contributed by atoms with Crippen molar-refractivity contribution in [2.75, 3.05) is 0 Å². The number of carboxylic acids is 1. The van der Waals surface area contributed by atoms with Crippen molar-refractivity contribution in [2.45, 2.75) is 6.92 Å². The minimum absolute atomic E-state index is 0.166. The molecule has 1 aromatic carbocycles. The van der Waals surface area contributed by atoms with E-state index in [9.17, 15) is 9.90 Å². The summed E-state index contributed by atoms with van der Waals surface area (Å²) in [7, 11) is 0. The van der Waals surface area contributed by atoms with Gasteiger partial charge in [-0.25, -0.2) is 14.8 Å². The predicted molar refractivity (Wildman–Crippen MR) is 76.6 cm³/mol. The van der Waals surface area contributed by atoms with E-state index in [4.69, 9.17) is 0 Å². The van der Waals surface area contributed by atoms with E-state index < -0.39 is 5.97 Å². The van der Waals surface area contributed by atoms with Gasteiger partial charge in [-0.15, -0.1) is 11.3 Å². The number of carbonyl (C=O) groups is 1. The van der Waals surface area contributed by atoms with E-state index in [1.54, 1.807) is 12.1 Å². The number of nitrogens with one attached hydrogen (secondary N) is 1. The van der Waals surface area contributed by atoms with Gasteiger partial charge in [-0.2, -0.15) is 0 Å². The number of rotatable bonds is 2. The first-order valence-electron chi connectivity index (χ1n) is 5.39. The molecule has 0 amide bonds. The molecule has 2 aromatic heterocycles. The maximum atomic E-state index is 11.2. The molecular weight excluding hydrogens is 330 g/mol. The van der Waals surface area contributed by atoms with Gasteiger partial charge in [0, 0.05) is 9.85 Å². The van der Waals surface area contributed by atoms with Crippen LogP contribution in [0.4, 0.5) is 0 Å². The Labute approximate surface area is 120 Å². The second kappa shape index (κ2) is 4.43. The number of aryl methyl sites for hydroxylation is 1. The molecule has 0 saturated carbocycles. The lowest BCUT2D eigenvalue weighted by atomic mass is 10.2. The number of H-pyrrole nitrogens is 1. The van der Waals surface area contributed by atoms with Crippen LogP contribution in [0.2, 0.25) is 0 Å². The molecular formula is C12H8BrN3O2S. The van der Waals surface area contributed by atoms with Crippen molar-refractivity contribution in [3.63, 3.8) is 0 Å². The lowest BCUT2D eigenvalue weighted by Gasteiger charge is -1.96. The fourth-order valence-electron chi connectivity index (χ4n) is 1.84. The van der Waals surface area contributed by atoms with Crippen LogP contribution in [-0.2, 0) is 0 Å². The highest BCUT2D eigenvalue weighted by atomic mass is 79.9. The molecule has 2 N–H and O–H groups in total. The molecule has 0 aliphatic carbocycles. The highest BCUT2D eigenvalue weighted by Gasteiger charge is 2.15. The molecule has 0 spiro atoms. The summed E-state index contributed by atoms with van der Waals surface area (Å²) in [6, 6.07) is 3.35. The number of aromatic nitrogens is 3. The van der Waals surface area contributed by atoms with Crippen molar-refractivity contribution in [2.24, 2.45) is 0 Å². The van der Waals surface area contributed by atoms with E-state index in [1.807, 2.05) is 12.3 Å². The van der Waals surface area contributed by atoms with Gasteiger partial charge in [0.2, 0.25) is 0 Å². The Morgan fingerprint density at radius 2 is 2.21 bits per heavy atom. The first-order chi connectivity index (χ1) is 9.04. The highest BCUT2D eigenvalue weighted by molar-refractivity contribution is 9.10. The summed E-state index contributed by atoms with van der Waals surface area (Å²) in [5.74, 6) is -0.418. The van der Waals surface area contributed by atoms with Crippen LogP contribution in [0.3, 0.4) is 0 Å². The van der Waals surface area contributed by atoms with Gasteiger partial charge in [0.1, 0.15) is 11.2 Å². The standard InChI is InChI=1S/C12H8BrN3O2S/c1-5-14-9(4-19-5)11-15-8-3-6(13)2-7(12(17)18)10(8)16-11/h2-4H,1H3,(H,15,16)(H,17,18). The first-order valence-corrected chi connectivity index (χ1v) is 7.07. The molecule has 0 unspecified atom stereocenters. The van der Waals surface area contributed by atoms with Crippen molar-refractivity contribution in [1.29, 1.82) is 0 Å². The normalized spacial score (nSPS) is 11.1. The summed E-state index contributed by atoms with van der Waals surface area (Å²) in [5, 5.41) is 12.0. The van der Waals surface area contributed by atoms with Crippen LogP contribution in [0, 0.1) is 6.92 Å². The monoisotopic (exact) mass is 337 g/mol. The van der Waals surface area contributed by atoms with E-state index >= 15 is 0 Å². The number of benzene rings is 1. The van der Waals surface area contributed by atoms with Crippen molar-refractivity contribution in [1.82, 2.24) is 15.0 Å². The largest absolute Gasteiger partial charge is 0.478 e. The van der Waals surface area contributed by atoms with Gasteiger partial charge >= 0.3 is 5.97 Å². The first kappa shape index (κ1) is 12.3. The molecule has 3 rings (SSSR count). The van der Waals surface area contributed by atoms with Gasteiger partial charge in [0.25, 0.3) is 0 Å². The third-order valence-electron chi connectivity index (χ3n) is 2.64. The van der Waals surface area contributed by atoms with E-state index in [0.717, 1.165) is 10.7 Å². The second-order valence-electron chi connectivity index (χ2n) is 3.99. The van der Waals surface area contributed by atoms with Crippen LogP contribution in [0.25, 0.3) is 22.6 Å². The van der Waals surface area contributed by atoms with Crippen LogP contribution in [-0.4, -0.2) is 26.0 Å². The topological polar surface area (TPSA) is 78.9 Å². The Kier molecular flexibility index (Phi) is 2.87. The number of carboxylic acid groups (broad SMARTS) is 1. The number of thiazole rings is 1. The Morgan fingerprint density at radius 3 is 2.84 bits per heavy atom. The zero-order valence-electron chi connectivity index (χ0n) is 9.77. The summed E-state index contributed by atoms with van der Waals surface area (Å²) in [6.07, 6.45) is 0. The molecule has 0 radical (unpaired) electrons. The summed E-state index contributed by atoms with van der Waals surface area (Å²) < 4.78 is 0.696. The molecule has 5 nitrogen and oxygen atoms in total. The van der Waals surface area contributed by atoms with E-state index in [1.165, 1.54) is 11.3 Å². The van der Waals surface area contributed by atoms with Crippen molar-refractivity contribution >= 4 is 44.3 Å². The highest BCUT2D eigenvalue weighted by Crippen LogP contribution is 2.27. The van der Waals surface area contributed by atoms with Crippen LogP contribution in [0.15, 0.2) is 22.0 Å². The summed E-state index contributed by atoms with van der Waals surface area (Å²) in [4.78, 5) is 23.0. The van der Waals surface area contributed by atoms with Crippen LogP contribution < -0.4 is 0 Å². The van der Waals surface area contributed by atoms with E-state index in [2.05, 4.69) is 30.9 Å². The molecule has 0 aliphatic heterocycles. The quantitative estimate of drug-likeness (QED) is 0.750. The molecule has 0 bridgehead atoms. The lowest BCUT2D eigenvalue weighted by molar-refractivity contribution is 0.0699. The molecule has 96 valence electrons. The second-order valence-corrected chi connectivity index (χ2v) is 5.97. The summed E-state index contributed by atoms with van der Waals surface area (Å²) in [6.45, 7) is 1.91. The Morgan fingerprint density at radius 1 is 1.42 bits per heavy atom. The number of hydrogen-bond donors (Lipinski definition) is 2. The Balaban J connectivity index is 2.25. The van der Waals surface area contributed by atoms with Crippen LogP contribution >= 0.6 is 27.3 Å². The SMILES string of the molecule is Cc1nc(-c2nc3c(C(=O)O)cc(Br)cc3[nH]2)cs1.